The van der Waals surface area contributed by atoms with Gasteiger partial charge in [-0.25, -0.2) is 4.79 Å². The van der Waals surface area contributed by atoms with E-state index in [1.54, 1.807) is 13.0 Å². The molecule has 1 aromatic rings. The van der Waals surface area contributed by atoms with E-state index < -0.39 is 17.9 Å². The van der Waals surface area contributed by atoms with Gasteiger partial charge >= 0.3 is 5.97 Å². The summed E-state index contributed by atoms with van der Waals surface area (Å²) in [5, 5.41) is 14.6. The average molecular weight is 348 g/mol. The highest BCUT2D eigenvalue weighted by atomic mass is 16.5. The summed E-state index contributed by atoms with van der Waals surface area (Å²) in [7, 11) is 1.51. The lowest BCUT2D eigenvalue weighted by Crippen LogP contribution is -2.43. The SMILES string of the molecule is COCc1cc(NC(=O)C(C)NC(=O)C2CCCC2)cc(C(=O)O)c1. The third-order valence-electron chi connectivity index (χ3n) is 4.30. The second kappa shape index (κ2) is 8.62. The average Bonchev–Trinajstić information content (AvgIpc) is 3.09. The van der Waals surface area contributed by atoms with Crippen LogP contribution in [0.4, 0.5) is 5.69 Å². The summed E-state index contributed by atoms with van der Waals surface area (Å²) in [6.07, 6.45) is 3.81. The van der Waals surface area contributed by atoms with Crippen molar-refractivity contribution in [2.45, 2.75) is 45.3 Å². The minimum absolute atomic E-state index is 0.0149. The molecule has 0 saturated heterocycles. The van der Waals surface area contributed by atoms with Crippen molar-refractivity contribution in [2.75, 3.05) is 12.4 Å². The summed E-state index contributed by atoms with van der Waals surface area (Å²) in [4.78, 5) is 35.6. The van der Waals surface area contributed by atoms with Gasteiger partial charge in [-0.1, -0.05) is 12.8 Å². The summed E-state index contributed by atoms with van der Waals surface area (Å²) in [5.74, 6) is -1.59. The highest BCUT2D eigenvalue weighted by Gasteiger charge is 2.25. The van der Waals surface area contributed by atoms with Crippen LogP contribution in [0, 0.1) is 5.92 Å². The lowest BCUT2D eigenvalue weighted by Gasteiger charge is -2.17. The highest BCUT2D eigenvalue weighted by molar-refractivity contribution is 5.98. The van der Waals surface area contributed by atoms with Crippen molar-refractivity contribution in [1.82, 2.24) is 5.32 Å². The number of amides is 2. The molecule has 0 radical (unpaired) electrons. The van der Waals surface area contributed by atoms with E-state index in [2.05, 4.69) is 10.6 Å². The second-order valence-electron chi connectivity index (χ2n) is 6.36. The Morgan fingerprint density at radius 2 is 1.92 bits per heavy atom. The molecular weight excluding hydrogens is 324 g/mol. The molecule has 0 bridgehead atoms. The molecular formula is C18H24N2O5. The summed E-state index contributed by atoms with van der Waals surface area (Å²) in [6.45, 7) is 1.84. The van der Waals surface area contributed by atoms with Crippen molar-refractivity contribution in [1.29, 1.82) is 0 Å². The number of hydrogen-bond donors (Lipinski definition) is 3. The summed E-state index contributed by atoms with van der Waals surface area (Å²) < 4.78 is 5.02. The number of carboxylic acids is 1. The zero-order valence-corrected chi connectivity index (χ0v) is 14.5. The summed E-state index contributed by atoms with van der Waals surface area (Å²) in [5.41, 5.74) is 1.06. The number of methoxy groups -OCH3 is 1. The molecule has 1 unspecified atom stereocenters. The molecule has 7 heteroatoms. The Bertz CT molecular complexity index is 653. The molecule has 7 nitrogen and oxygen atoms in total. The minimum atomic E-state index is -1.09. The fraction of sp³-hybridized carbons (Fsp3) is 0.500. The Morgan fingerprint density at radius 1 is 1.24 bits per heavy atom. The van der Waals surface area contributed by atoms with E-state index >= 15 is 0 Å². The van der Waals surface area contributed by atoms with E-state index in [4.69, 9.17) is 4.74 Å². The second-order valence-corrected chi connectivity index (χ2v) is 6.36. The Labute approximate surface area is 146 Å². The number of carbonyl (C=O) groups is 3. The van der Waals surface area contributed by atoms with Gasteiger partial charge in [0.25, 0.3) is 0 Å². The molecule has 3 N–H and O–H groups in total. The van der Waals surface area contributed by atoms with Gasteiger partial charge in [0, 0.05) is 18.7 Å². The molecule has 2 amide bonds. The van der Waals surface area contributed by atoms with Crippen molar-refractivity contribution in [3.05, 3.63) is 29.3 Å². The van der Waals surface area contributed by atoms with Crippen LogP contribution in [0.3, 0.4) is 0 Å². The maximum absolute atomic E-state index is 12.3. The number of rotatable bonds is 7. The largest absolute Gasteiger partial charge is 0.478 e. The lowest BCUT2D eigenvalue weighted by molar-refractivity contribution is -0.128. The molecule has 25 heavy (non-hydrogen) atoms. The van der Waals surface area contributed by atoms with E-state index in [1.807, 2.05) is 0 Å². The zero-order chi connectivity index (χ0) is 18.4. The molecule has 0 aliphatic heterocycles. The molecule has 0 aromatic heterocycles. The van der Waals surface area contributed by atoms with Crippen LogP contribution in [0.2, 0.25) is 0 Å². The number of nitrogens with one attached hydrogen (secondary N) is 2. The minimum Gasteiger partial charge on any atom is -0.478 e. The van der Waals surface area contributed by atoms with Gasteiger partial charge < -0.3 is 20.5 Å². The summed E-state index contributed by atoms with van der Waals surface area (Å²) >= 11 is 0. The van der Waals surface area contributed by atoms with Crippen LogP contribution in [0.5, 0.6) is 0 Å². The van der Waals surface area contributed by atoms with Crippen molar-refractivity contribution >= 4 is 23.5 Å². The zero-order valence-electron chi connectivity index (χ0n) is 14.5. The quantitative estimate of drug-likeness (QED) is 0.700. The number of hydrogen-bond acceptors (Lipinski definition) is 4. The number of benzene rings is 1. The van der Waals surface area contributed by atoms with Crippen LogP contribution >= 0.6 is 0 Å². The molecule has 1 aromatic carbocycles. The number of carboxylic acid groups (broad SMARTS) is 1. The van der Waals surface area contributed by atoms with E-state index in [9.17, 15) is 19.5 Å². The van der Waals surface area contributed by atoms with E-state index in [-0.39, 0.29) is 24.0 Å². The normalized spacial score (nSPS) is 15.6. The number of ether oxygens (including phenoxy) is 1. The Morgan fingerprint density at radius 3 is 2.52 bits per heavy atom. The maximum Gasteiger partial charge on any atom is 0.335 e. The first kappa shape index (κ1) is 18.9. The molecule has 1 aliphatic rings. The molecule has 1 saturated carbocycles. The Hall–Kier alpha value is -2.41. The van der Waals surface area contributed by atoms with Crippen LogP contribution in [0.1, 0.15) is 48.5 Å². The Balaban J connectivity index is 2.02. The van der Waals surface area contributed by atoms with Crippen molar-refractivity contribution in [3.8, 4) is 0 Å². The smallest absolute Gasteiger partial charge is 0.335 e. The number of aromatic carboxylic acids is 1. The molecule has 1 fully saturated rings. The van der Waals surface area contributed by atoms with Crippen LogP contribution in [0.25, 0.3) is 0 Å². The predicted octanol–water partition coefficient (Wildman–Crippen LogP) is 2.16. The molecule has 0 heterocycles. The standard InChI is InChI=1S/C18H24N2O5/c1-11(19-17(22)13-5-3-4-6-13)16(21)20-15-8-12(10-25-2)7-14(9-15)18(23)24/h7-9,11,13H,3-6,10H2,1-2H3,(H,19,22)(H,20,21)(H,23,24). The van der Waals surface area contributed by atoms with Gasteiger partial charge in [-0.2, -0.15) is 0 Å². The third-order valence-corrected chi connectivity index (χ3v) is 4.30. The van der Waals surface area contributed by atoms with Crippen molar-refractivity contribution in [2.24, 2.45) is 5.92 Å². The van der Waals surface area contributed by atoms with Crippen molar-refractivity contribution in [3.63, 3.8) is 0 Å². The van der Waals surface area contributed by atoms with Crippen LogP contribution < -0.4 is 10.6 Å². The fourth-order valence-electron chi connectivity index (χ4n) is 2.97. The first-order chi connectivity index (χ1) is 11.9. The summed E-state index contributed by atoms with van der Waals surface area (Å²) in [6, 6.07) is 3.82. The highest BCUT2D eigenvalue weighted by Crippen LogP contribution is 2.24. The fourth-order valence-corrected chi connectivity index (χ4v) is 2.97. The van der Waals surface area contributed by atoms with Gasteiger partial charge in [-0.05, 0) is 43.5 Å². The van der Waals surface area contributed by atoms with Crippen LogP contribution in [0.15, 0.2) is 18.2 Å². The molecule has 136 valence electrons. The molecule has 1 aliphatic carbocycles. The van der Waals surface area contributed by atoms with Gasteiger partial charge in [0.05, 0.1) is 12.2 Å². The van der Waals surface area contributed by atoms with Crippen LogP contribution in [-0.4, -0.2) is 36.0 Å². The first-order valence-electron chi connectivity index (χ1n) is 8.38. The lowest BCUT2D eigenvalue weighted by atomic mass is 10.1. The topological polar surface area (TPSA) is 105 Å². The monoisotopic (exact) mass is 348 g/mol. The van der Waals surface area contributed by atoms with E-state index in [1.165, 1.54) is 19.2 Å². The first-order valence-corrected chi connectivity index (χ1v) is 8.38. The van der Waals surface area contributed by atoms with Crippen LogP contribution in [-0.2, 0) is 20.9 Å². The van der Waals surface area contributed by atoms with Gasteiger partial charge in [-0.3, -0.25) is 9.59 Å². The van der Waals surface area contributed by atoms with Gasteiger partial charge in [-0.15, -0.1) is 0 Å². The number of carbonyl (C=O) groups excluding carboxylic acids is 2. The maximum atomic E-state index is 12.3. The number of anilines is 1. The van der Waals surface area contributed by atoms with Gasteiger partial charge in [0.1, 0.15) is 6.04 Å². The van der Waals surface area contributed by atoms with Gasteiger partial charge in [0.2, 0.25) is 11.8 Å². The Kier molecular flexibility index (Phi) is 6.52. The van der Waals surface area contributed by atoms with Crippen molar-refractivity contribution < 1.29 is 24.2 Å². The van der Waals surface area contributed by atoms with E-state index in [0.29, 0.717) is 11.3 Å². The predicted molar refractivity (Wildman–Crippen MR) is 92.3 cm³/mol. The van der Waals surface area contributed by atoms with E-state index in [0.717, 1.165) is 25.7 Å². The molecule has 0 spiro atoms. The van der Waals surface area contributed by atoms with Gasteiger partial charge in [0.15, 0.2) is 0 Å². The molecule has 2 rings (SSSR count). The molecule has 1 atom stereocenters. The third kappa shape index (κ3) is 5.29.